The summed E-state index contributed by atoms with van der Waals surface area (Å²) in [7, 11) is 1.79. The second kappa shape index (κ2) is 6.69. The third-order valence-electron chi connectivity index (χ3n) is 4.16. The van der Waals surface area contributed by atoms with Gasteiger partial charge in [0.25, 0.3) is 0 Å². The number of methoxy groups -OCH3 is 1. The minimum absolute atomic E-state index is 0.348. The van der Waals surface area contributed by atoms with Crippen LogP contribution in [0, 0.1) is 5.41 Å². The number of rotatable bonds is 4. The Balaban J connectivity index is 0.000000686. The molecule has 2 nitrogen and oxygen atoms in total. The molecule has 0 unspecified atom stereocenters. The lowest BCUT2D eigenvalue weighted by molar-refractivity contribution is 0.0261. The normalized spacial score (nSPS) is 25.9. The van der Waals surface area contributed by atoms with Crippen LogP contribution in [0.25, 0.3) is 0 Å². The predicted octanol–water partition coefficient (Wildman–Crippen LogP) is 3.26. The monoisotopic (exact) mass is 245 g/mol. The molecule has 1 saturated heterocycles. The van der Waals surface area contributed by atoms with E-state index in [1.54, 1.807) is 7.11 Å². The standard InChI is InChI=1S/C12H22FNO.C2H6/c1-10(15-2)12(5-6-12)9-14-7-3-11(13)4-8-14;1-2/h10-11H,3-9H2,1-2H3;1-2H3/t10-;/m0./s1. The Morgan fingerprint density at radius 2 is 1.82 bits per heavy atom. The topological polar surface area (TPSA) is 12.5 Å². The summed E-state index contributed by atoms with van der Waals surface area (Å²) < 4.78 is 18.4. The summed E-state index contributed by atoms with van der Waals surface area (Å²) in [6.45, 7) is 9.13. The van der Waals surface area contributed by atoms with Gasteiger partial charge in [-0.05, 0) is 32.6 Å². The molecule has 3 heteroatoms. The molecule has 1 atom stereocenters. The first-order chi connectivity index (χ1) is 8.16. The molecule has 17 heavy (non-hydrogen) atoms. The van der Waals surface area contributed by atoms with Crippen molar-refractivity contribution in [2.75, 3.05) is 26.7 Å². The van der Waals surface area contributed by atoms with Gasteiger partial charge in [-0.3, -0.25) is 0 Å². The molecule has 0 bridgehead atoms. The average molecular weight is 245 g/mol. The summed E-state index contributed by atoms with van der Waals surface area (Å²) in [4.78, 5) is 2.42. The zero-order valence-electron chi connectivity index (χ0n) is 11.8. The predicted molar refractivity (Wildman–Crippen MR) is 70.1 cm³/mol. The van der Waals surface area contributed by atoms with Gasteiger partial charge in [0.2, 0.25) is 0 Å². The van der Waals surface area contributed by atoms with Gasteiger partial charge in [0.15, 0.2) is 0 Å². The highest BCUT2D eigenvalue weighted by Gasteiger charge is 2.48. The molecule has 0 N–H and O–H groups in total. The van der Waals surface area contributed by atoms with Crippen LogP contribution in [0.1, 0.15) is 46.5 Å². The van der Waals surface area contributed by atoms with E-state index in [-0.39, 0.29) is 0 Å². The zero-order chi connectivity index (χ0) is 12.9. The SMILES string of the molecule is CC.CO[C@@H](C)C1(CN2CCC(F)CC2)CC1. The van der Waals surface area contributed by atoms with E-state index in [0.29, 0.717) is 11.5 Å². The van der Waals surface area contributed by atoms with Crippen molar-refractivity contribution < 1.29 is 9.13 Å². The van der Waals surface area contributed by atoms with Crippen LogP contribution in [-0.2, 0) is 4.74 Å². The highest BCUT2D eigenvalue weighted by atomic mass is 19.1. The fraction of sp³-hybridized carbons (Fsp3) is 1.00. The maximum Gasteiger partial charge on any atom is 0.103 e. The summed E-state index contributed by atoms with van der Waals surface area (Å²) >= 11 is 0. The van der Waals surface area contributed by atoms with Gasteiger partial charge >= 0.3 is 0 Å². The molecule has 0 aromatic heterocycles. The Kier molecular flexibility index (Phi) is 5.87. The van der Waals surface area contributed by atoms with Crippen LogP contribution >= 0.6 is 0 Å². The van der Waals surface area contributed by atoms with Crippen LogP contribution in [0.4, 0.5) is 4.39 Å². The minimum atomic E-state index is -0.559. The van der Waals surface area contributed by atoms with Gasteiger partial charge in [-0.25, -0.2) is 4.39 Å². The second-order valence-electron chi connectivity index (χ2n) is 5.19. The Hall–Kier alpha value is -0.150. The van der Waals surface area contributed by atoms with Crippen LogP contribution in [0.2, 0.25) is 0 Å². The van der Waals surface area contributed by atoms with Crippen LogP contribution in [0.3, 0.4) is 0 Å². The Morgan fingerprint density at radius 1 is 1.29 bits per heavy atom. The number of ether oxygens (including phenoxy) is 1. The number of nitrogens with zero attached hydrogens (tertiary/aromatic N) is 1. The highest BCUT2D eigenvalue weighted by molar-refractivity contribution is 5.00. The van der Waals surface area contributed by atoms with E-state index in [0.717, 1.165) is 32.5 Å². The van der Waals surface area contributed by atoms with Crippen molar-refractivity contribution in [3.63, 3.8) is 0 Å². The lowest BCUT2D eigenvalue weighted by Gasteiger charge is -2.33. The van der Waals surface area contributed by atoms with Gasteiger partial charge < -0.3 is 9.64 Å². The summed E-state index contributed by atoms with van der Waals surface area (Å²) in [5.74, 6) is 0. The molecule has 2 fully saturated rings. The first-order valence-electron chi connectivity index (χ1n) is 7.05. The van der Waals surface area contributed by atoms with Gasteiger partial charge in [0, 0.05) is 32.2 Å². The lowest BCUT2D eigenvalue weighted by atomic mass is 9.98. The molecule has 1 saturated carbocycles. The number of likely N-dealkylation sites (tertiary alicyclic amines) is 1. The quantitative estimate of drug-likeness (QED) is 0.754. The molecule has 1 heterocycles. The first kappa shape index (κ1) is 14.9. The Morgan fingerprint density at radius 3 is 2.24 bits per heavy atom. The largest absolute Gasteiger partial charge is 0.381 e. The molecule has 2 aliphatic rings. The maximum absolute atomic E-state index is 13.0. The fourth-order valence-electron chi connectivity index (χ4n) is 2.61. The molecule has 102 valence electrons. The van der Waals surface area contributed by atoms with Crippen LogP contribution in [0.15, 0.2) is 0 Å². The third kappa shape index (κ3) is 3.92. The smallest absolute Gasteiger partial charge is 0.103 e. The van der Waals surface area contributed by atoms with Crippen molar-refractivity contribution in [1.29, 1.82) is 0 Å². The third-order valence-corrected chi connectivity index (χ3v) is 4.16. The fourth-order valence-corrected chi connectivity index (χ4v) is 2.61. The van der Waals surface area contributed by atoms with Gasteiger partial charge in [0.05, 0.1) is 6.10 Å². The molecule has 0 spiro atoms. The molecule has 1 aliphatic heterocycles. The summed E-state index contributed by atoms with van der Waals surface area (Å²) in [5, 5.41) is 0. The molecule has 0 aromatic carbocycles. The molecule has 1 aliphatic carbocycles. The highest BCUT2D eigenvalue weighted by Crippen LogP contribution is 2.50. The van der Waals surface area contributed by atoms with Crippen molar-refractivity contribution >= 4 is 0 Å². The maximum atomic E-state index is 13.0. The van der Waals surface area contributed by atoms with Crippen molar-refractivity contribution in [2.45, 2.75) is 58.7 Å². The molecular weight excluding hydrogens is 217 g/mol. The summed E-state index contributed by atoms with van der Waals surface area (Å²) in [6.07, 6.45) is 3.78. The van der Waals surface area contributed by atoms with Crippen molar-refractivity contribution in [2.24, 2.45) is 5.41 Å². The number of halogens is 1. The van der Waals surface area contributed by atoms with E-state index in [1.807, 2.05) is 13.8 Å². The van der Waals surface area contributed by atoms with Crippen LogP contribution < -0.4 is 0 Å². The summed E-state index contributed by atoms with van der Waals surface area (Å²) in [6, 6.07) is 0. The number of hydrogen-bond acceptors (Lipinski definition) is 2. The second-order valence-corrected chi connectivity index (χ2v) is 5.19. The average Bonchev–Trinajstić information content (AvgIpc) is 3.15. The molecule has 0 aromatic rings. The van der Waals surface area contributed by atoms with Crippen LogP contribution in [-0.4, -0.2) is 43.9 Å². The summed E-state index contributed by atoms with van der Waals surface area (Å²) in [5.41, 5.74) is 0.387. The number of hydrogen-bond donors (Lipinski definition) is 0. The van der Waals surface area contributed by atoms with Gasteiger partial charge in [-0.1, -0.05) is 13.8 Å². The van der Waals surface area contributed by atoms with Gasteiger partial charge in [0.1, 0.15) is 6.17 Å². The van der Waals surface area contributed by atoms with Gasteiger partial charge in [-0.15, -0.1) is 0 Å². The van der Waals surface area contributed by atoms with Crippen molar-refractivity contribution in [3.05, 3.63) is 0 Å². The Bertz CT molecular complexity index is 210. The van der Waals surface area contributed by atoms with E-state index >= 15 is 0 Å². The van der Waals surface area contributed by atoms with E-state index in [4.69, 9.17) is 4.74 Å². The van der Waals surface area contributed by atoms with Crippen molar-refractivity contribution in [1.82, 2.24) is 4.90 Å². The lowest BCUT2D eigenvalue weighted by Crippen LogP contribution is -2.41. The van der Waals surface area contributed by atoms with E-state index < -0.39 is 6.17 Å². The first-order valence-corrected chi connectivity index (χ1v) is 7.05. The van der Waals surface area contributed by atoms with Gasteiger partial charge in [-0.2, -0.15) is 0 Å². The zero-order valence-corrected chi connectivity index (χ0v) is 11.8. The number of alkyl halides is 1. The molecule has 2 rings (SSSR count). The van der Waals surface area contributed by atoms with Crippen LogP contribution in [0.5, 0.6) is 0 Å². The number of piperidine rings is 1. The minimum Gasteiger partial charge on any atom is -0.381 e. The molecule has 0 amide bonds. The molecule has 0 radical (unpaired) electrons. The van der Waals surface area contributed by atoms with E-state index in [1.165, 1.54) is 12.8 Å². The Labute approximate surface area is 106 Å². The molecular formula is C14H28FNO. The van der Waals surface area contributed by atoms with E-state index in [9.17, 15) is 4.39 Å². The van der Waals surface area contributed by atoms with E-state index in [2.05, 4.69) is 11.8 Å². The van der Waals surface area contributed by atoms with Crippen molar-refractivity contribution in [3.8, 4) is 0 Å².